The Morgan fingerprint density at radius 2 is 1.26 bits per heavy atom. The molecule has 10 nitrogen and oxygen atoms in total. The Hall–Kier alpha value is -2.20. The van der Waals surface area contributed by atoms with Crippen molar-refractivity contribution in [1.29, 1.82) is 0 Å². The Morgan fingerprint density at radius 3 is 1.70 bits per heavy atom. The van der Waals surface area contributed by atoms with E-state index in [1.165, 1.54) is 0 Å². The third-order valence-corrected chi connectivity index (χ3v) is 2.85. The molecule has 1 saturated heterocycles. The lowest BCUT2D eigenvalue weighted by Gasteiger charge is -2.41. The van der Waals surface area contributed by atoms with Gasteiger partial charge in [-0.15, -0.1) is 0 Å². The van der Waals surface area contributed by atoms with Crippen LogP contribution in [0, 0.1) is 0 Å². The molecule has 1 fully saturated rings. The first-order valence-corrected chi connectivity index (χ1v) is 6.60. The van der Waals surface area contributed by atoms with Crippen LogP contribution < -0.4 is 0 Å². The zero-order chi connectivity index (χ0) is 17.7. The van der Waals surface area contributed by atoms with Crippen molar-refractivity contribution in [1.82, 2.24) is 0 Å². The number of rotatable bonds is 4. The van der Waals surface area contributed by atoms with Crippen LogP contribution in [-0.4, -0.2) is 66.8 Å². The van der Waals surface area contributed by atoms with E-state index in [2.05, 4.69) is 4.74 Å². The summed E-state index contributed by atoms with van der Waals surface area (Å²) in [4.78, 5) is 45.5. The third kappa shape index (κ3) is 4.89. The monoisotopic (exact) mass is 334 g/mol. The molecule has 0 aliphatic carbocycles. The number of esters is 4. The van der Waals surface area contributed by atoms with E-state index < -0.39 is 54.6 Å². The molecule has 1 aliphatic heterocycles. The van der Waals surface area contributed by atoms with Gasteiger partial charge in [-0.25, -0.2) is 4.79 Å². The highest BCUT2D eigenvalue weighted by Crippen LogP contribution is 2.28. The minimum absolute atomic E-state index is 0.798. The molecule has 0 spiro atoms. The maximum Gasteiger partial charge on any atom is 0.339 e. The number of carbonyl (C=O) groups excluding carboxylic acids is 4. The van der Waals surface area contributed by atoms with Gasteiger partial charge in [-0.2, -0.15) is 0 Å². The molecule has 23 heavy (non-hydrogen) atoms. The van der Waals surface area contributed by atoms with Crippen LogP contribution in [0.4, 0.5) is 0 Å². The summed E-state index contributed by atoms with van der Waals surface area (Å²) in [5.41, 5.74) is 0. The zero-order valence-electron chi connectivity index (χ0n) is 13.0. The quantitative estimate of drug-likeness (QED) is 0.486. The van der Waals surface area contributed by atoms with E-state index in [1.807, 2.05) is 0 Å². The molecule has 1 heterocycles. The molecular formula is C13H18O10. The molecule has 130 valence electrons. The number of methoxy groups -OCH3 is 1. The molecule has 0 unspecified atom stereocenters. The van der Waals surface area contributed by atoms with Crippen molar-refractivity contribution in [3.05, 3.63) is 0 Å². The van der Waals surface area contributed by atoms with E-state index in [-0.39, 0.29) is 0 Å². The Morgan fingerprint density at radius 1 is 0.826 bits per heavy atom. The summed E-state index contributed by atoms with van der Waals surface area (Å²) >= 11 is 0. The molecular weight excluding hydrogens is 316 g/mol. The van der Waals surface area contributed by atoms with Crippen molar-refractivity contribution in [3.63, 3.8) is 0 Å². The molecule has 1 rings (SSSR count). The van der Waals surface area contributed by atoms with Crippen LogP contribution in [0.1, 0.15) is 20.8 Å². The molecule has 1 N–H and O–H groups in total. The van der Waals surface area contributed by atoms with E-state index in [1.54, 1.807) is 0 Å². The predicted molar refractivity (Wildman–Crippen MR) is 69.6 cm³/mol. The average molecular weight is 334 g/mol. The van der Waals surface area contributed by atoms with Gasteiger partial charge in [0.15, 0.2) is 30.7 Å². The number of ether oxygens (including phenoxy) is 5. The number of aliphatic hydroxyl groups is 1. The Balaban J connectivity index is 3.21. The van der Waals surface area contributed by atoms with Crippen LogP contribution in [-0.2, 0) is 42.9 Å². The van der Waals surface area contributed by atoms with Gasteiger partial charge in [0.25, 0.3) is 0 Å². The minimum Gasteiger partial charge on any atom is -0.467 e. The van der Waals surface area contributed by atoms with Crippen molar-refractivity contribution in [2.45, 2.75) is 51.5 Å². The van der Waals surface area contributed by atoms with Crippen LogP contribution in [0.25, 0.3) is 0 Å². The molecule has 0 saturated carbocycles. The molecule has 0 aromatic rings. The van der Waals surface area contributed by atoms with Gasteiger partial charge in [0.1, 0.15) is 0 Å². The maximum absolute atomic E-state index is 11.8. The highest BCUT2D eigenvalue weighted by atomic mass is 16.7. The highest BCUT2D eigenvalue weighted by Gasteiger charge is 2.54. The summed E-state index contributed by atoms with van der Waals surface area (Å²) in [6, 6.07) is 0. The van der Waals surface area contributed by atoms with Crippen molar-refractivity contribution < 1.29 is 48.0 Å². The Kier molecular flexibility index (Phi) is 6.46. The van der Waals surface area contributed by atoms with Crippen LogP contribution in [0.3, 0.4) is 0 Å². The third-order valence-electron chi connectivity index (χ3n) is 2.85. The fraction of sp³-hybridized carbons (Fsp3) is 0.692. The van der Waals surface area contributed by atoms with Gasteiger partial charge >= 0.3 is 23.9 Å². The van der Waals surface area contributed by atoms with Gasteiger partial charge in [0, 0.05) is 20.8 Å². The van der Waals surface area contributed by atoms with E-state index in [4.69, 9.17) is 18.9 Å². The number of aliphatic hydroxyl groups excluding tert-OH is 1. The first kappa shape index (κ1) is 18.8. The maximum atomic E-state index is 11.8. The Bertz CT molecular complexity index is 487. The second kappa shape index (κ2) is 7.88. The summed E-state index contributed by atoms with van der Waals surface area (Å²) in [6.07, 6.45) is -7.75. The van der Waals surface area contributed by atoms with Crippen molar-refractivity contribution >= 4 is 23.9 Å². The van der Waals surface area contributed by atoms with E-state index in [0.717, 1.165) is 27.9 Å². The second-order valence-electron chi connectivity index (χ2n) is 4.69. The number of carbonyl (C=O) groups is 4. The number of hydrogen-bond acceptors (Lipinski definition) is 10. The van der Waals surface area contributed by atoms with Gasteiger partial charge in [-0.1, -0.05) is 0 Å². The topological polar surface area (TPSA) is 135 Å². The smallest absolute Gasteiger partial charge is 0.339 e. The van der Waals surface area contributed by atoms with Crippen LogP contribution in [0.5, 0.6) is 0 Å². The molecule has 10 heteroatoms. The average Bonchev–Trinajstić information content (AvgIpc) is 2.43. The van der Waals surface area contributed by atoms with Gasteiger partial charge in [-0.05, 0) is 0 Å². The first-order valence-electron chi connectivity index (χ1n) is 6.60. The fourth-order valence-electron chi connectivity index (χ4n) is 2.10. The largest absolute Gasteiger partial charge is 0.467 e. The van der Waals surface area contributed by atoms with Crippen LogP contribution in [0.15, 0.2) is 0 Å². The van der Waals surface area contributed by atoms with Gasteiger partial charge in [0.05, 0.1) is 7.11 Å². The summed E-state index contributed by atoms with van der Waals surface area (Å²) in [5, 5.41) is 9.93. The minimum atomic E-state index is -1.79. The first-order chi connectivity index (χ1) is 10.7. The van der Waals surface area contributed by atoms with Crippen molar-refractivity contribution in [2.75, 3.05) is 7.11 Å². The summed E-state index contributed by atoms with van der Waals surface area (Å²) < 4.78 is 24.3. The molecule has 0 bridgehead atoms. The van der Waals surface area contributed by atoms with Gasteiger partial charge in [-0.3, -0.25) is 14.4 Å². The van der Waals surface area contributed by atoms with E-state index >= 15 is 0 Å². The van der Waals surface area contributed by atoms with E-state index in [9.17, 15) is 24.3 Å². The predicted octanol–water partition coefficient (Wildman–Crippen LogP) is -1.33. The molecule has 0 aromatic carbocycles. The standard InChI is InChI=1S/C13H18O10/c1-5(14)20-8-9(21-6(2)15)11(22-7(3)16)13(18)23-10(8)12(17)19-4/h8-11,13,18H,1-4H3/t8-,9+,10+,11-,13-/m1/s1. The zero-order valence-corrected chi connectivity index (χ0v) is 13.0. The number of hydrogen-bond donors (Lipinski definition) is 1. The van der Waals surface area contributed by atoms with Crippen molar-refractivity contribution in [2.24, 2.45) is 0 Å². The fourth-order valence-corrected chi connectivity index (χ4v) is 2.10. The molecule has 5 atom stereocenters. The van der Waals surface area contributed by atoms with Crippen molar-refractivity contribution in [3.8, 4) is 0 Å². The van der Waals surface area contributed by atoms with Crippen LogP contribution >= 0.6 is 0 Å². The van der Waals surface area contributed by atoms with Gasteiger partial charge in [0.2, 0.25) is 0 Å². The molecule has 1 aliphatic rings. The summed E-state index contributed by atoms with van der Waals surface area (Å²) in [6.45, 7) is 3.18. The summed E-state index contributed by atoms with van der Waals surface area (Å²) in [5.74, 6) is -3.37. The lowest BCUT2D eigenvalue weighted by molar-refractivity contribution is -0.289. The van der Waals surface area contributed by atoms with Gasteiger partial charge < -0.3 is 28.8 Å². The lowest BCUT2D eigenvalue weighted by atomic mass is 9.98. The SMILES string of the molecule is COC(=O)[C@H]1O[C@@H](O)[C@H](OC(C)=O)[C@@H](OC(C)=O)[C@H]1OC(C)=O. The normalized spacial score (nSPS) is 30.0. The highest BCUT2D eigenvalue weighted by molar-refractivity contribution is 5.77. The molecule has 0 amide bonds. The van der Waals surface area contributed by atoms with E-state index in [0.29, 0.717) is 0 Å². The molecule has 0 aromatic heterocycles. The lowest BCUT2D eigenvalue weighted by Crippen LogP contribution is -2.63. The molecule has 0 radical (unpaired) electrons. The summed E-state index contributed by atoms with van der Waals surface area (Å²) in [7, 11) is 1.06. The second-order valence-corrected chi connectivity index (χ2v) is 4.69. The Labute approximate surface area is 131 Å². The van der Waals surface area contributed by atoms with Crippen LogP contribution in [0.2, 0.25) is 0 Å².